The fourth-order valence-electron chi connectivity index (χ4n) is 5.76. The van der Waals surface area contributed by atoms with Crippen molar-refractivity contribution in [3.8, 4) is 22.5 Å². The smallest absolute Gasteiger partial charge is 0.336 e. The molecule has 2 N–H and O–H groups in total. The van der Waals surface area contributed by atoms with Crippen molar-refractivity contribution in [1.29, 1.82) is 0 Å². The van der Waals surface area contributed by atoms with Crippen molar-refractivity contribution >= 4 is 46.3 Å². The molecule has 4 aromatic rings. The van der Waals surface area contributed by atoms with Crippen LogP contribution in [-0.4, -0.2) is 49.6 Å². The molecule has 2 aliphatic rings. The lowest BCUT2D eigenvalue weighted by Crippen LogP contribution is -2.27. The van der Waals surface area contributed by atoms with Gasteiger partial charge in [0, 0.05) is 66.4 Å². The van der Waals surface area contributed by atoms with Gasteiger partial charge in [-0.2, -0.15) is 0 Å². The number of nitrogens with zero attached hydrogens (tertiary/aromatic N) is 2. The van der Waals surface area contributed by atoms with Gasteiger partial charge in [-0.25, -0.2) is 4.79 Å². The molecular formula is C35H30BN2O5. The lowest BCUT2D eigenvalue weighted by atomic mass is 9.84. The van der Waals surface area contributed by atoms with Crippen LogP contribution < -0.4 is 15.8 Å². The van der Waals surface area contributed by atoms with Gasteiger partial charge < -0.3 is 19.4 Å². The Morgan fingerprint density at radius 2 is 1.53 bits per heavy atom. The van der Waals surface area contributed by atoms with Crippen molar-refractivity contribution in [1.82, 2.24) is 4.90 Å². The predicted octanol–water partition coefficient (Wildman–Crippen LogP) is 5.35. The first-order valence-electron chi connectivity index (χ1n) is 13.9. The molecule has 0 unspecified atom stereocenters. The van der Waals surface area contributed by atoms with Crippen LogP contribution >= 0.6 is 0 Å². The number of carbonyl (C=O) groups is 1. The van der Waals surface area contributed by atoms with Gasteiger partial charge in [0.2, 0.25) is 0 Å². The van der Waals surface area contributed by atoms with E-state index < -0.39 is 5.97 Å². The van der Waals surface area contributed by atoms with Gasteiger partial charge in [-0.05, 0) is 65.4 Å². The second kappa shape index (κ2) is 11.4. The summed E-state index contributed by atoms with van der Waals surface area (Å²) in [4.78, 5) is 29.9. The Labute approximate surface area is 249 Å². The van der Waals surface area contributed by atoms with E-state index >= 15 is 0 Å². The van der Waals surface area contributed by atoms with Gasteiger partial charge in [0.25, 0.3) is 0 Å². The molecule has 0 spiro atoms. The Hall–Kier alpha value is -4.92. The van der Waals surface area contributed by atoms with E-state index in [0.29, 0.717) is 46.7 Å². The van der Waals surface area contributed by atoms with Crippen LogP contribution in [0.5, 0.6) is 0 Å². The summed E-state index contributed by atoms with van der Waals surface area (Å²) in [6, 6.07) is 27.9. The van der Waals surface area contributed by atoms with E-state index in [2.05, 4.69) is 6.07 Å². The molecule has 0 amide bonds. The summed E-state index contributed by atoms with van der Waals surface area (Å²) in [6.45, 7) is 0.861. The molecule has 1 radical (unpaired) electrons. The number of carboxylic acids is 1. The van der Waals surface area contributed by atoms with Crippen LogP contribution in [0.2, 0.25) is 0 Å². The number of benzene rings is 5. The highest BCUT2D eigenvalue weighted by atomic mass is 16.4. The van der Waals surface area contributed by atoms with Crippen LogP contribution in [0.4, 0.5) is 5.69 Å². The van der Waals surface area contributed by atoms with Crippen molar-refractivity contribution in [3.63, 3.8) is 0 Å². The highest BCUT2D eigenvalue weighted by Gasteiger charge is 2.24. The Bertz CT molecular complexity index is 2030. The van der Waals surface area contributed by atoms with E-state index in [1.165, 1.54) is 6.07 Å². The summed E-state index contributed by atoms with van der Waals surface area (Å²) in [7, 11) is 6.96. The number of hydrogen-bond acceptors (Lipinski definition) is 6. The average Bonchev–Trinajstić information content (AvgIpc) is 3.00. The van der Waals surface area contributed by atoms with E-state index in [1.807, 2.05) is 91.6 Å². The zero-order chi connectivity index (χ0) is 30.2. The monoisotopic (exact) mass is 569 g/mol. The number of aromatic carboxylic acids is 1. The molecule has 6 rings (SSSR count). The predicted molar refractivity (Wildman–Crippen MR) is 173 cm³/mol. The maximum absolute atomic E-state index is 13.5. The standard InChI is InChI=1S/C35H30BN2O5/c1-37(2)24-13-15-25-21(16-24)12-14-28-33(26-9-5-6-10-27(26)35(40)41)29-17-23(31(39)18-32(29)43-34(25)28)20-38(3)19-22-8-4-7-11-30(22)36-42/h4-18,42H,19-20H2,1-3H3,(H,40,41). The van der Waals surface area contributed by atoms with Crippen LogP contribution in [0.15, 0.2) is 100 Å². The highest BCUT2D eigenvalue weighted by molar-refractivity contribution is 6.46. The Balaban J connectivity index is 1.57. The van der Waals surface area contributed by atoms with Gasteiger partial charge in [0.15, 0.2) is 5.43 Å². The zero-order valence-electron chi connectivity index (χ0n) is 24.2. The third-order valence-electron chi connectivity index (χ3n) is 7.89. The Kier molecular flexibility index (Phi) is 7.48. The SMILES string of the molecule is CN(Cc1ccccc1[B]O)Cc1cc2c(-c3ccccc3C(=O)O)c3ccc4cc(N(C)C)ccc4c3oc-2cc1=O. The van der Waals surface area contributed by atoms with Crippen molar-refractivity contribution in [2.45, 2.75) is 13.1 Å². The van der Waals surface area contributed by atoms with Crippen LogP contribution in [0.25, 0.3) is 44.2 Å². The fourth-order valence-corrected chi connectivity index (χ4v) is 5.76. The topological polar surface area (TPSA) is 94.2 Å². The largest absolute Gasteiger partial charge is 0.478 e. The third kappa shape index (κ3) is 5.27. The van der Waals surface area contributed by atoms with Gasteiger partial charge in [0.1, 0.15) is 11.3 Å². The molecule has 0 atom stereocenters. The van der Waals surface area contributed by atoms with E-state index in [4.69, 9.17) is 4.42 Å². The second-order valence-corrected chi connectivity index (χ2v) is 11.0. The number of rotatable bonds is 8. The molecule has 4 aromatic carbocycles. The summed E-state index contributed by atoms with van der Waals surface area (Å²) in [5.74, 6) is -0.641. The van der Waals surface area contributed by atoms with Crippen molar-refractivity contribution < 1.29 is 19.3 Å². The summed E-state index contributed by atoms with van der Waals surface area (Å²) in [6.07, 6.45) is 0. The molecule has 0 saturated heterocycles. The quantitative estimate of drug-likeness (QED) is 0.145. The Morgan fingerprint density at radius 1 is 0.814 bits per heavy atom. The fraction of sp³-hybridized carbons (Fsp3) is 0.143. The molecule has 0 saturated carbocycles. The lowest BCUT2D eigenvalue weighted by molar-refractivity contribution is 0.0697. The number of fused-ring (bicyclic) bond motifs is 4. The minimum absolute atomic E-state index is 0.168. The first kappa shape index (κ1) is 28.2. The van der Waals surface area contributed by atoms with Crippen LogP contribution in [0, 0.1) is 0 Å². The van der Waals surface area contributed by atoms with Crippen LogP contribution in [-0.2, 0) is 13.1 Å². The highest BCUT2D eigenvalue weighted by Crippen LogP contribution is 2.43. The molecular weight excluding hydrogens is 539 g/mol. The Morgan fingerprint density at radius 3 is 2.30 bits per heavy atom. The van der Waals surface area contributed by atoms with Gasteiger partial charge in [-0.15, -0.1) is 0 Å². The minimum Gasteiger partial charge on any atom is -0.478 e. The second-order valence-electron chi connectivity index (χ2n) is 11.0. The van der Waals surface area contributed by atoms with Crippen molar-refractivity contribution in [2.24, 2.45) is 0 Å². The number of hydrogen-bond donors (Lipinski definition) is 2. The van der Waals surface area contributed by atoms with Gasteiger partial charge >= 0.3 is 13.5 Å². The normalized spacial score (nSPS) is 11.5. The number of carboxylic acid groups (broad SMARTS) is 1. The van der Waals surface area contributed by atoms with Gasteiger partial charge in [0.05, 0.1) is 5.56 Å². The number of anilines is 1. The molecule has 1 aliphatic heterocycles. The summed E-state index contributed by atoms with van der Waals surface area (Å²) in [5.41, 5.74) is 5.76. The maximum atomic E-state index is 13.5. The van der Waals surface area contributed by atoms with Crippen LogP contribution in [0.1, 0.15) is 21.5 Å². The van der Waals surface area contributed by atoms with Gasteiger partial charge in [-0.1, -0.05) is 48.5 Å². The molecule has 213 valence electrons. The first-order chi connectivity index (χ1) is 20.7. The molecule has 1 heterocycles. The minimum atomic E-state index is -1.03. The van der Waals surface area contributed by atoms with E-state index in [1.54, 1.807) is 18.2 Å². The van der Waals surface area contributed by atoms with Gasteiger partial charge in [-0.3, -0.25) is 9.69 Å². The van der Waals surface area contributed by atoms with Crippen LogP contribution in [0.3, 0.4) is 0 Å². The summed E-state index contributed by atoms with van der Waals surface area (Å²) >= 11 is 0. The molecule has 7 nitrogen and oxygen atoms in total. The summed E-state index contributed by atoms with van der Waals surface area (Å²) < 4.78 is 6.48. The molecule has 43 heavy (non-hydrogen) atoms. The van der Waals surface area contributed by atoms with E-state index in [9.17, 15) is 19.7 Å². The molecule has 0 aromatic heterocycles. The average molecular weight is 569 g/mol. The molecule has 0 fully saturated rings. The third-order valence-corrected chi connectivity index (χ3v) is 7.89. The van der Waals surface area contributed by atoms with E-state index in [-0.39, 0.29) is 11.0 Å². The first-order valence-corrected chi connectivity index (χ1v) is 13.9. The zero-order valence-corrected chi connectivity index (χ0v) is 24.2. The molecule has 8 heteroatoms. The molecule has 0 bridgehead atoms. The summed E-state index contributed by atoms with van der Waals surface area (Å²) in [5, 5.41) is 22.4. The molecule has 1 aliphatic carbocycles. The lowest BCUT2D eigenvalue weighted by Gasteiger charge is -2.21. The van der Waals surface area contributed by atoms with Crippen molar-refractivity contribution in [3.05, 3.63) is 118 Å². The van der Waals surface area contributed by atoms with E-state index in [0.717, 1.165) is 40.4 Å². The maximum Gasteiger partial charge on any atom is 0.336 e. The van der Waals surface area contributed by atoms with Crippen molar-refractivity contribution in [2.75, 3.05) is 26.0 Å².